The van der Waals surface area contributed by atoms with E-state index in [0.717, 1.165) is 11.4 Å². The Bertz CT molecular complexity index is 2880. The molecule has 1 nitrogen and oxygen atoms in total. The summed E-state index contributed by atoms with van der Waals surface area (Å²) in [5, 5.41) is 7.70. The Morgan fingerprint density at radius 1 is 0.346 bits per heavy atom. The van der Waals surface area contributed by atoms with E-state index in [1.807, 2.05) is 11.3 Å². The molecule has 1 heterocycles. The van der Waals surface area contributed by atoms with E-state index >= 15 is 0 Å². The van der Waals surface area contributed by atoms with Gasteiger partial charge >= 0.3 is 0 Å². The van der Waals surface area contributed by atoms with Crippen molar-refractivity contribution in [1.29, 1.82) is 0 Å². The molecule has 9 aromatic carbocycles. The third-order valence-electron chi connectivity index (χ3n) is 10.3. The van der Waals surface area contributed by atoms with Crippen molar-refractivity contribution in [2.24, 2.45) is 0 Å². The topological polar surface area (TPSA) is 3.24 Å². The van der Waals surface area contributed by atoms with Crippen molar-refractivity contribution in [2.75, 3.05) is 4.90 Å². The average molecular weight is 680 g/mol. The van der Waals surface area contributed by atoms with Gasteiger partial charge in [0.25, 0.3) is 0 Å². The third-order valence-corrected chi connectivity index (χ3v) is 11.5. The minimum Gasteiger partial charge on any atom is -0.309 e. The molecule has 0 spiro atoms. The molecule has 10 rings (SSSR count). The third kappa shape index (κ3) is 5.16. The fourth-order valence-electron chi connectivity index (χ4n) is 7.82. The van der Waals surface area contributed by atoms with Crippen molar-refractivity contribution in [1.82, 2.24) is 0 Å². The van der Waals surface area contributed by atoms with Gasteiger partial charge in [-0.2, -0.15) is 0 Å². The van der Waals surface area contributed by atoms with E-state index in [2.05, 4.69) is 205 Å². The highest BCUT2D eigenvalue weighted by molar-refractivity contribution is 7.26. The largest absolute Gasteiger partial charge is 0.309 e. The van der Waals surface area contributed by atoms with E-state index in [0.29, 0.717) is 0 Å². The highest BCUT2D eigenvalue weighted by Crippen LogP contribution is 2.48. The van der Waals surface area contributed by atoms with Crippen molar-refractivity contribution in [2.45, 2.75) is 0 Å². The number of hydrogen-bond donors (Lipinski definition) is 0. The first-order valence-electron chi connectivity index (χ1n) is 17.8. The number of fused-ring (bicyclic) bond motifs is 6. The maximum atomic E-state index is 2.45. The second-order valence-corrected chi connectivity index (χ2v) is 14.3. The molecule has 0 atom stereocenters. The first-order valence-corrected chi connectivity index (χ1v) is 18.6. The molecule has 0 amide bonds. The van der Waals surface area contributed by atoms with Crippen LogP contribution in [0.4, 0.5) is 17.1 Å². The van der Waals surface area contributed by atoms with Gasteiger partial charge in [0.15, 0.2) is 0 Å². The van der Waals surface area contributed by atoms with E-state index in [9.17, 15) is 0 Å². The van der Waals surface area contributed by atoms with Crippen LogP contribution in [0.25, 0.3) is 75.1 Å². The lowest BCUT2D eigenvalue weighted by Crippen LogP contribution is -2.10. The molecule has 1 aromatic heterocycles. The molecule has 0 saturated heterocycles. The Labute approximate surface area is 307 Å². The summed E-state index contributed by atoms with van der Waals surface area (Å²) in [7, 11) is 0. The van der Waals surface area contributed by atoms with Crippen LogP contribution >= 0.6 is 11.3 Å². The second kappa shape index (κ2) is 12.7. The van der Waals surface area contributed by atoms with Crippen LogP contribution in [-0.2, 0) is 0 Å². The molecule has 52 heavy (non-hydrogen) atoms. The van der Waals surface area contributed by atoms with Gasteiger partial charge in [-0.25, -0.2) is 0 Å². The molecule has 2 heteroatoms. The summed E-state index contributed by atoms with van der Waals surface area (Å²) >= 11 is 1.88. The smallest absolute Gasteiger partial charge is 0.0640 e. The van der Waals surface area contributed by atoms with Crippen LogP contribution in [0.1, 0.15) is 0 Å². The molecule has 244 valence electrons. The fraction of sp³-hybridized carbons (Fsp3) is 0. The van der Waals surface area contributed by atoms with Crippen molar-refractivity contribution >= 4 is 70.1 Å². The molecule has 0 N–H and O–H groups in total. The van der Waals surface area contributed by atoms with Gasteiger partial charge in [-0.3, -0.25) is 0 Å². The predicted molar refractivity (Wildman–Crippen MR) is 225 cm³/mol. The van der Waals surface area contributed by atoms with E-state index in [4.69, 9.17) is 0 Å². The molecule has 0 aliphatic carbocycles. The first-order chi connectivity index (χ1) is 25.8. The van der Waals surface area contributed by atoms with Crippen LogP contribution in [0.3, 0.4) is 0 Å². The number of rotatable bonds is 6. The molecule has 0 unspecified atom stereocenters. The van der Waals surface area contributed by atoms with Gasteiger partial charge in [0.2, 0.25) is 0 Å². The molecule has 10 aromatic rings. The van der Waals surface area contributed by atoms with E-state index in [-0.39, 0.29) is 0 Å². The maximum absolute atomic E-state index is 2.45. The van der Waals surface area contributed by atoms with Crippen LogP contribution in [0.15, 0.2) is 200 Å². The van der Waals surface area contributed by atoms with Crippen LogP contribution < -0.4 is 4.90 Å². The Kier molecular flexibility index (Phi) is 7.41. The minimum absolute atomic E-state index is 1.12. The fourth-order valence-corrected chi connectivity index (χ4v) is 9.04. The Balaban J connectivity index is 1.21. The summed E-state index contributed by atoms with van der Waals surface area (Å²) in [6.07, 6.45) is 0. The summed E-state index contributed by atoms with van der Waals surface area (Å²) in [6.45, 7) is 0. The minimum atomic E-state index is 1.12. The number of nitrogens with zero attached hydrogens (tertiary/aromatic N) is 1. The van der Waals surface area contributed by atoms with Crippen molar-refractivity contribution < 1.29 is 0 Å². The highest BCUT2D eigenvalue weighted by Gasteiger charge is 2.21. The Morgan fingerprint density at radius 2 is 0.923 bits per heavy atom. The summed E-state index contributed by atoms with van der Waals surface area (Å²) in [5.74, 6) is 0. The number of hydrogen-bond acceptors (Lipinski definition) is 2. The normalized spacial score (nSPS) is 11.5. The summed E-state index contributed by atoms with van der Waals surface area (Å²) in [4.78, 5) is 2.45. The maximum Gasteiger partial charge on any atom is 0.0640 e. The van der Waals surface area contributed by atoms with Gasteiger partial charge in [0.1, 0.15) is 0 Å². The van der Waals surface area contributed by atoms with Gasteiger partial charge in [-0.05, 0) is 91.3 Å². The standard InChI is InChI=1S/C50H33NS/c1-3-13-34(14-4-1)43-31-30-40(33-46(43)36-15-5-2-6-16-36)51(39-28-25-38(26-29-39)42-22-11-19-35-17-7-9-20-41(35)42)47-24-12-23-45-49-44-21-10-8-18-37(44)27-32-48(49)52-50(45)47/h1-33H. The van der Waals surface area contributed by atoms with Crippen LogP contribution in [0.2, 0.25) is 0 Å². The summed E-state index contributed by atoms with van der Waals surface area (Å²) in [6, 6.07) is 72.9. The van der Waals surface area contributed by atoms with Gasteiger partial charge in [0, 0.05) is 26.8 Å². The number of anilines is 3. The molecule has 0 aliphatic rings. The quantitative estimate of drug-likeness (QED) is 0.169. The summed E-state index contributed by atoms with van der Waals surface area (Å²) < 4.78 is 2.58. The SMILES string of the molecule is c1ccc(-c2ccc(N(c3ccc(-c4cccc5ccccc45)cc3)c3cccc4c3sc3ccc5ccccc5c34)cc2-c2ccccc2)cc1. The van der Waals surface area contributed by atoms with Crippen molar-refractivity contribution in [3.05, 3.63) is 200 Å². The lowest BCUT2D eigenvalue weighted by atomic mass is 9.93. The van der Waals surface area contributed by atoms with E-state index < -0.39 is 0 Å². The molecule has 0 fully saturated rings. The van der Waals surface area contributed by atoms with Crippen LogP contribution in [-0.4, -0.2) is 0 Å². The van der Waals surface area contributed by atoms with Gasteiger partial charge in [-0.15, -0.1) is 11.3 Å². The van der Waals surface area contributed by atoms with Crippen molar-refractivity contribution in [3.63, 3.8) is 0 Å². The van der Waals surface area contributed by atoms with Crippen molar-refractivity contribution in [3.8, 4) is 33.4 Å². The van der Waals surface area contributed by atoms with Crippen LogP contribution in [0, 0.1) is 0 Å². The second-order valence-electron chi connectivity index (χ2n) is 13.3. The van der Waals surface area contributed by atoms with Gasteiger partial charge in [0.05, 0.1) is 10.4 Å². The molecule has 0 radical (unpaired) electrons. The Hall–Kier alpha value is -6.48. The average Bonchev–Trinajstić information content (AvgIpc) is 3.62. The monoisotopic (exact) mass is 679 g/mol. The zero-order valence-corrected chi connectivity index (χ0v) is 29.2. The lowest BCUT2D eigenvalue weighted by molar-refractivity contribution is 1.30. The van der Waals surface area contributed by atoms with E-state index in [1.165, 1.54) is 80.8 Å². The first kappa shape index (κ1) is 30.4. The van der Waals surface area contributed by atoms with Crippen LogP contribution in [0.5, 0.6) is 0 Å². The lowest BCUT2D eigenvalue weighted by Gasteiger charge is -2.27. The van der Waals surface area contributed by atoms with E-state index in [1.54, 1.807) is 0 Å². The van der Waals surface area contributed by atoms with Gasteiger partial charge < -0.3 is 4.90 Å². The highest BCUT2D eigenvalue weighted by atomic mass is 32.1. The summed E-state index contributed by atoms with van der Waals surface area (Å²) in [5.41, 5.74) is 10.7. The zero-order chi connectivity index (χ0) is 34.4. The zero-order valence-electron chi connectivity index (χ0n) is 28.4. The number of thiophene rings is 1. The molecular weight excluding hydrogens is 647 g/mol. The molecule has 0 saturated carbocycles. The molecular formula is C50H33NS. The molecule has 0 bridgehead atoms. The Morgan fingerprint density at radius 3 is 1.69 bits per heavy atom. The predicted octanol–water partition coefficient (Wildman–Crippen LogP) is 14.8. The molecule has 0 aliphatic heterocycles. The number of benzene rings is 9. The van der Waals surface area contributed by atoms with Gasteiger partial charge in [-0.1, -0.05) is 164 Å².